The quantitative estimate of drug-likeness (QED) is 0.791. The van der Waals surface area contributed by atoms with Crippen molar-refractivity contribution < 1.29 is 0 Å². The summed E-state index contributed by atoms with van der Waals surface area (Å²) in [4.78, 5) is 1.35. The van der Waals surface area contributed by atoms with Crippen molar-refractivity contribution in [3.63, 3.8) is 0 Å². The summed E-state index contributed by atoms with van der Waals surface area (Å²) < 4.78 is 0. The molecule has 0 aromatic heterocycles. The van der Waals surface area contributed by atoms with E-state index in [9.17, 15) is 0 Å². The van der Waals surface area contributed by atoms with E-state index < -0.39 is 0 Å². The van der Waals surface area contributed by atoms with E-state index in [0.29, 0.717) is 0 Å². The van der Waals surface area contributed by atoms with E-state index in [4.69, 9.17) is 0 Å². The van der Waals surface area contributed by atoms with Gasteiger partial charge in [0.15, 0.2) is 0 Å². The predicted molar refractivity (Wildman–Crippen MR) is 80.1 cm³/mol. The second-order valence-corrected chi connectivity index (χ2v) is 5.43. The standard InChI is InChI=1S/C16H19NS/c1-17-13-15-7-9-16(10-8-15)18-12-11-14-5-3-2-4-6-14/h2-10,17H,11-13H2,1H3. The molecule has 2 aromatic carbocycles. The topological polar surface area (TPSA) is 12.0 Å². The Kier molecular flexibility index (Phi) is 5.31. The Morgan fingerprint density at radius 3 is 2.28 bits per heavy atom. The fourth-order valence-electron chi connectivity index (χ4n) is 1.84. The SMILES string of the molecule is CNCc1ccc(SCCc2ccccc2)cc1. The Bertz CT molecular complexity index is 450. The summed E-state index contributed by atoms with van der Waals surface area (Å²) in [6, 6.07) is 19.5. The molecular formula is C16H19NS. The van der Waals surface area contributed by atoms with Gasteiger partial charge >= 0.3 is 0 Å². The van der Waals surface area contributed by atoms with E-state index in [1.165, 1.54) is 16.0 Å². The van der Waals surface area contributed by atoms with Crippen molar-refractivity contribution in [1.82, 2.24) is 5.32 Å². The van der Waals surface area contributed by atoms with E-state index >= 15 is 0 Å². The third-order valence-electron chi connectivity index (χ3n) is 2.81. The Balaban J connectivity index is 1.80. The van der Waals surface area contributed by atoms with E-state index in [-0.39, 0.29) is 0 Å². The molecule has 0 bridgehead atoms. The third-order valence-corrected chi connectivity index (χ3v) is 3.82. The highest BCUT2D eigenvalue weighted by Crippen LogP contribution is 2.19. The number of rotatable bonds is 6. The van der Waals surface area contributed by atoms with Crippen LogP contribution in [0.4, 0.5) is 0 Å². The molecule has 0 aliphatic rings. The molecule has 0 aliphatic heterocycles. The highest BCUT2D eigenvalue weighted by atomic mass is 32.2. The van der Waals surface area contributed by atoms with Gasteiger partial charge < -0.3 is 5.32 Å². The summed E-state index contributed by atoms with van der Waals surface area (Å²) in [5.74, 6) is 1.13. The molecule has 2 rings (SSSR count). The Labute approximate surface area is 114 Å². The molecule has 2 heteroatoms. The van der Waals surface area contributed by atoms with Gasteiger partial charge in [0.2, 0.25) is 0 Å². The summed E-state index contributed by atoms with van der Waals surface area (Å²) >= 11 is 1.92. The van der Waals surface area contributed by atoms with E-state index in [1.54, 1.807) is 0 Å². The molecule has 0 atom stereocenters. The minimum atomic E-state index is 0.939. The van der Waals surface area contributed by atoms with Gasteiger partial charge in [-0.2, -0.15) is 0 Å². The first kappa shape index (κ1) is 13.2. The number of thioether (sulfide) groups is 1. The zero-order valence-electron chi connectivity index (χ0n) is 10.7. The van der Waals surface area contributed by atoms with Gasteiger partial charge in [-0.15, -0.1) is 11.8 Å². The minimum Gasteiger partial charge on any atom is -0.316 e. The van der Waals surface area contributed by atoms with Crippen LogP contribution in [0.5, 0.6) is 0 Å². The van der Waals surface area contributed by atoms with E-state index in [0.717, 1.165) is 18.7 Å². The van der Waals surface area contributed by atoms with Crippen molar-refractivity contribution in [1.29, 1.82) is 0 Å². The zero-order chi connectivity index (χ0) is 12.6. The summed E-state index contributed by atoms with van der Waals surface area (Å²) in [5.41, 5.74) is 2.75. The molecule has 0 heterocycles. The molecule has 2 aromatic rings. The third kappa shape index (κ3) is 4.21. The number of nitrogens with one attached hydrogen (secondary N) is 1. The summed E-state index contributed by atoms with van der Waals surface area (Å²) in [6.07, 6.45) is 1.13. The summed E-state index contributed by atoms with van der Waals surface area (Å²) in [6.45, 7) is 0.939. The van der Waals surface area contributed by atoms with Gasteiger partial charge in [0.05, 0.1) is 0 Å². The van der Waals surface area contributed by atoms with E-state index in [1.807, 2.05) is 18.8 Å². The molecule has 0 unspecified atom stereocenters. The van der Waals surface area contributed by atoms with Gasteiger partial charge in [0.25, 0.3) is 0 Å². The van der Waals surface area contributed by atoms with Crippen molar-refractivity contribution in [2.45, 2.75) is 17.9 Å². The molecule has 0 spiro atoms. The molecule has 0 saturated heterocycles. The van der Waals surface area contributed by atoms with Crippen LogP contribution in [0.1, 0.15) is 11.1 Å². The summed E-state index contributed by atoms with van der Waals surface area (Å²) in [5, 5.41) is 3.16. The number of aryl methyl sites for hydroxylation is 1. The predicted octanol–water partition coefficient (Wildman–Crippen LogP) is 3.74. The molecule has 18 heavy (non-hydrogen) atoms. The molecule has 1 N–H and O–H groups in total. The monoisotopic (exact) mass is 257 g/mol. The van der Waals surface area contributed by atoms with Gasteiger partial charge in [-0.1, -0.05) is 42.5 Å². The minimum absolute atomic E-state index is 0.939. The van der Waals surface area contributed by atoms with Crippen molar-refractivity contribution >= 4 is 11.8 Å². The van der Waals surface area contributed by atoms with Crippen LogP contribution in [0.25, 0.3) is 0 Å². The maximum absolute atomic E-state index is 3.16. The molecule has 94 valence electrons. The second-order valence-electron chi connectivity index (χ2n) is 4.26. The van der Waals surface area contributed by atoms with Gasteiger partial charge in [-0.05, 0) is 36.7 Å². The lowest BCUT2D eigenvalue weighted by Crippen LogP contribution is -2.04. The average molecular weight is 257 g/mol. The normalized spacial score (nSPS) is 10.5. The fraction of sp³-hybridized carbons (Fsp3) is 0.250. The molecule has 1 nitrogen and oxygen atoms in total. The molecular weight excluding hydrogens is 238 g/mol. The lowest BCUT2D eigenvalue weighted by Gasteiger charge is -2.04. The van der Waals surface area contributed by atoms with Crippen LogP contribution in [0.15, 0.2) is 59.5 Å². The lowest BCUT2D eigenvalue weighted by molar-refractivity contribution is 0.817. The highest BCUT2D eigenvalue weighted by molar-refractivity contribution is 7.99. The van der Waals surface area contributed by atoms with Gasteiger partial charge in [0.1, 0.15) is 0 Å². The molecule has 0 saturated carbocycles. The maximum Gasteiger partial charge on any atom is 0.0202 e. The molecule has 0 amide bonds. The van der Waals surface area contributed by atoms with Crippen LogP contribution in [0.3, 0.4) is 0 Å². The Hall–Kier alpha value is -1.25. The smallest absolute Gasteiger partial charge is 0.0202 e. The number of hydrogen-bond acceptors (Lipinski definition) is 2. The molecule has 0 fully saturated rings. The first-order valence-corrected chi connectivity index (χ1v) is 7.27. The largest absolute Gasteiger partial charge is 0.316 e. The van der Waals surface area contributed by atoms with Gasteiger partial charge in [0, 0.05) is 17.2 Å². The first-order valence-electron chi connectivity index (χ1n) is 6.29. The summed E-state index contributed by atoms with van der Waals surface area (Å²) in [7, 11) is 1.97. The average Bonchev–Trinajstić information content (AvgIpc) is 2.42. The highest BCUT2D eigenvalue weighted by Gasteiger charge is 1.96. The van der Waals surface area contributed by atoms with Gasteiger partial charge in [-0.3, -0.25) is 0 Å². The van der Waals surface area contributed by atoms with Crippen molar-refractivity contribution in [2.24, 2.45) is 0 Å². The number of hydrogen-bond donors (Lipinski definition) is 1. The van der Waals surface area contributed by atoms with Gasteiger partial charge in [-0.25, -0.2) is 0 Å². The number of benzene rings is 2. The maximum atomic E-state index is 3.16. The van der Waals surface area contributed by atoms with Crippen LogP contribution < -0.4 is 5.32 Å². The molecule has 0 radical (unpaired) electrons. The van der Waals surface area contributed by atoms with Crippen molar-refractivity contribution in [3.05, 3.63) is 65.7 Å². The molecule has 0 aliphatic carbocycles. The lowest BCUT2D eigenvalue weighted by atomic mass is 10.2. The van der Waals surface area contributed by atoms with Crippen LogP contribution >= 0.6 is 11.8 Å². The van der Waals surface area contributed by atoms with Crippen LogP contribution in [-0.4, -0.2) is 12.8 Å². The van der Waals surface area contributed by atoms with E-state index in [2.05, 4.69) is 59.9 Å². The van der Waals surface area contributed by atoms with Crippen molar-refractivity contribution in [2.75, 3.05) is 12.8 Å². The van der Waals surface area contributed by atoms with Crippen LogP contribution in [-0.2, 0) is 13.0 Å². The first-order chi connectivity index (χ1) is 8.88. The van der Waals surface area contributed by atoms with Crippen LogP contribution in [0.2, 0.25) is 0 Å². The van der Waals surface area contributed by atoms with Crippen LogP contribution in [0, 0.1) is 0 Å². The second kappa shape index (κ2) is 7.24. The zero-order valence-corrected chi connectivity index (χ0v) is 11.5. The Morgan fingerprint density at radius 2 is 1.61 bits per heavy atom. The Morgan fingerprint density at radius 1 is 0.889 bits per heavy atom. The van der Waals surface area contributed by atoms with Crippen molar-refractivity contribution in [3.8, 4) is 0 Å². The fourth-order valence-corrected chi connectivity index (χ4v) is 2.74.